The second-order valence-corrected chi connectivity index (χ2v) is 5.37. The molecule has 0 spiro atoms. The third kappa shape index (κ3) is 2.72. The first-order valence-corrected chi connectivity index (χ1v) is 7.47. The molecule has 3 aromatic rings. The lowest BCUT2D eigenvalue weighted by atomic mass is 10.0. The van der Waals surface area contributed by atoms with Gasteiger partial charge in [0.25, 0.3) is 0 Å². The minimum atomic E-state index is -2.88. The van der Waals surface area contributed by atoms with Crippen LogP contribution in [0.5, 0.6) is 5.75 Å². The van der Waals surface area contributed by atoms with Crippen LogP contribution in [-0.4, -0.2) is 31.3 Å². The van der Waals surface area contributed by atoms with Crippen molar-refractivity contribution >= 4 is 0 Å². The molecule has 0 saturated carbocycles. The zero-order valence-electron chi connectivity index (χ0n) is 12.5. The minimum absolute atomic E-state index is 0.0205. The van der Waals surface area contributed by atoms with Gasteiger partial charge in [0.05, 0.1) is 6.20 Å². The van der Waals surface area contributed by atoms with E-state index in [-0.39, 0.29) is 11.8 Å². The third-order valence-electron chi connectivity index (χ3n) is 3.88. The predicted octanol–water partition coefficient (Wildman–Crippen LogP) is 2.86. The van der Waals surface area contributed by atoms with Gasteiger partial charge >= 0.3 is 6.61 Å². The number of rotatable bonds is 4. The smallest absolute Gasteiger partial charge is 0.387 e. The average Bonchev–Trinajstić information content (AvgIpc) is 3.24. The summed E-state index contributed by atoms with van der Waals surface area (Å²) < 4.78 is 36.0. The molecule has 24 heavy (non-hydrogen) atoms. The van der Waals surface area contributed by atoms with Crippen LogP contribution in [0.2, 0.25) is 0 Å². The van der Waals surface area contributed by atoms with Crippen molar-refractivity contribution in [2.45, 2.75) is 31.9 Å². The standard InChI is InChI=1S/C15H13F2N5O2/c16-15(17)23-9-4-5-10(19-8-9)13-20-14(24-21-13)11-2-1-3-12-18-6-7-22(11)12/h4-8,11,15H,1-3H2. The van der Waals surface area contributed by atoms with Gasteiger partial charge in [-0.25, -0.2) is 9.97 Å². The van der Waals surface area contributed by atoms with Crippen molar-refractivity contribution in [3.63, 3.8) is 0 Å². The number of alkyl halides is 2. The Kier molecular flexibility index (Phi) is 3.68. The van der Waals surface area contributed by atoms with Gasteiger partial charge in [0, 0.05) is 18.8 Å². The molecule has 124 valence electrons. The molecule has 0 bridgehead atoms. The summed E-state index contributed by atoms with van der Waals surface area (Å²) in [4.78, 5) is 12.7. The van der Waals surface area contributed by atoms with Crippen LogP contribution in [-0.2, 0) is 6.42 Å². The van der Waals surface area contributed by atoms with Crippen molar-refractivity contribution in [3.05, 3.63) is 42.4 Å². The van der Waals surface area contributed by atoms with Crippen LogP contribution >= 0.6 is 0 Å². The van der Waals surface area contributed by atoms with Crippen LogP contribution in [0.4, 0.5) is 8.78 Å². The van der Waals surface area contributed by atoms with Gasteiger partial charge in [-0.3, -0.25) is 0 Å². The number of aryl methyl sites for hydroxylation is 1. The number of pyridine rings is 1. The number of hydrogen-bond acceptors (Lipinski definition) is 6. The molecule has 0 aliphatic carbocycles. The highest BCUT2D eigenvalue weighted by Crippen LogP contribution is 2.30. The molecule has 1 aliphatic heterocycles. The molecule has 1 unspecified atom stereocenters. The Balaban J connectivity index is 1.57. The van der Waals surface area contributed by atoms with E-state index in [9.17, 15) is 8.78 Å². The highest BCUT2D eigenvalue weighted by molar-refractivity contribution is 5.49. The largest absolute Gasteiger partial charge is 0.433 e. The summed E-state index contributed by atoms with van der Waals surface area (Å²) in [7, 11) is 0. The summed E-state index contributed by atoms with van der Waals surface area (Å²) >= 11 is 0. The molecule has 0 fully saturated rings. The SMILES string of the molecule is FC(F)Oc1ccc(-c2noc(C3CCCc4nccn43)n2)nc1. The molecular weight excluding hydrogens is 320 g/mol. The number of halogens is 2. The number of aromatic nitrogens is 5. The summed E-state index contributed by atoms with van der Waals surface area (Å²) in [6, 6.07) is 2.86. The van der Waals surface area contributed by atoms with Gasteiger partial charge in [0.2, 0.25) is 11.7 Å². The minimum Gasteiger partial charge on any atom is -0.433 e. The lowest BCUT2D eigenvalue weighted by Gasteiger charge is -2.21. The van der Waals surface area contributed by atoms with Crippen LogP contribution in [0, 0.1) is 0 Å². The van der Waals surface area contributed by atoms with Gasteiger partial charge in [-0.15, -0.1) is 0 Å². The van der Waals surface area contributed by atoms with E-state index in [0.717, 1.165) is 25.1 Å². The summed E-state index contributed by atoms with van der Waals surface area (Å²) in [6.07, 6.45) is 7.67. The van der Waals surface area contributed by atoms with Crippen molar-refractivity contribution in [2.24, 2.45) is 0 Å². The van der Waals surface area contributed by atoms with Crippen LogP contribution in [0.1, 0.15) is 30.6 Å². The summed E-state index contributed by atoms with van der Waals surface area (Å²) in [5.41, 5.74) is 0.424. The molecule has 0 N–H and O–H groups in total. The Morgan fingerprint density at radius 3 is 3.00 bits per heavy atom. The van der Waals surface area contributed by atoms with Gasteiger partial charge in [-0.1, -0.05) is 5.16 Å². The Bertz CT molecular complexity index is 831. The quantitative estimate of drug-likeness (QED) is 0.730. The van der Waals surface area contributed by atoms with E-state index >= 15 is 0 Å². The molecule has 3 aromatic heterocycles. The first-order chi connectivity index (χ1) is 11.7. The first kappa shape index (κ1) is 14.7. The zero-order chi connectivity index (χ0) is 16.5. The fourth-order valence-corrected chi connectivity index (χ4v) is 2.82. The maximum Gasteiger partial charge on any atom is 0.387 e. The number of hydrogen-bond donors (Lipinski definition) is 0. The van der Waals surface area contributed by atoms with Gasteiger partial charge < -0.3 is 13.8 Å². The molecule has 7 nitrogen and oxygen atoms in total. The molecule has 1 atom stereocenters. The van der Waals surface area contributed by atoms with Crippen LogP contribution in [0.3, 0.4) is 0 Å². The monoisotopic (exact) mass is 333 g/mol. The molecule has 0 radical (unpaired) electrons. The van der Waals surface area contributed by atoms with Crippen molar-refractivity contribution in [3.8, 4) is 17.3 Å². The Morgan fingerprint density at radius 2 is 2.21 bits per heavy atom. The highest BCUT2D eigenvalue weighted by atomic mass is 19.3. The summed E-state index contributed by atoms with van der Waals surface area (Å²) in [5, 5.41) is 3.94. The zero-order valence-corrected chi connectivity index (χ0v) is 12.5. The molecule has 4 rings (SSSR count). The summed E-state index contributed by atoms with van der Waals surface area (Å²) in [6.45, 7) is -2.88. The van der Waals surface area contributed by atoms with Crippen LogP contribution in [0.25, 0.3) is 11.5 Å². The van der Waals surface area contributed by atoms with Crippen molar-refractivity contribution < 1.29 is 18.0 Å². The molecule has 9 heteroatoms. The average molecular weight is 333 g/mol. The summed E-state index contributed by atoms with van der Waals surface area (Å²) in [5.74, 6) is 1.77. The van der Waals surface area contributed by atoms with Crippen LogP contribution in [0.15, 0.2) is 35.2 Å². The van der Waals surface area contributed by atoms with Crippen molar-refractivity contribution in [2.75, 3.05) is 0 Å². The van der Waals surface area contributed by atoms with E-state index in [2.05, 4.69) is 24.8 Å². The normalized spacial score (nSPS) is 17.0. The number of nitrogens with zero attached hydrogens (tertiary/aromatic N) is 5. The molecule has 4 heterocycles. The Hall–Kier alpha value is -2.84. The first-order valence-electron chi connectivity index (χ1n) is 7.47. The van der Waals surface area contributed by atoms with Gasteiger partial charge in [0.15, 0.2) is 0 Å². The molecule has 0 saturated heterocycles. The fraction of sp³-hybridized carbons (Fsp3) is 0.333. The van der Waals surface area contributed by atoms with E-state index in [1.54, 1.807) is 6.20 Å². The van der Waals surface area contributed by atoms with Crippen molar-refractivity contribution in [1.82, 2.24) is 24.7 Å². The number of fused-ring (bicyclic) bond motifs is 1. The van der Waals surface area contributed by atoms with E-state index in [0.29, 0.717) is 17.4 Å². The third-order valence-corrected chi connectivity index (χ3v) is 3.88. The van der Waals surface area contributed by atoms with Gasteiger partial charge in [-0.2, -0.15) is 13.8 Å². The Labute approximate surface area is 135 Å². The fourth-order valence-electron chi connectivity index (χ4n) is 2.82. The topological polar surface area (TPSA) is 78.9 Å². The molecule has 1 aliphatic rings. The lowest BCUT2D eigenvalue weighted by molar-refractivity contribution is -0.0500. The second kappa shape index (κ2) is 5.99. The molecule has 0 amide bonds. The van der Waals surface area contributed by atoms with E-state index in [4.69, 9.17) is 4.52 Å². The molecule has 0 aromatic carbocycles. The van der Waals surface area contributed by atoms with E-state index in [1.165, 1.54) is 18.3 Å². The van der Waals surface area contributed by atoms with E-state index in [1.807, 2.05) is 10.8 Å². The lowest BCUT2D eigenvalue weighted by Crippen LogP contribution is -2.18. The van der Waals surface area contributed by atoms with Crippen molar-refractivity contribution in [1.29, 1.82) is 0 Å². The molecular formula is C15H13F2N5O2. The maximum atomic E-state index is 12.2. The van der Waals surface area contributed by atoms with Gasteiger partial charge in [0.1, 0.15) is 23.3 Å². The second-order valence-electron chi connectivity index (χ2n) is 5.37. The number of ether oxygens (including phenoxy) is 1. The number of imidazole rings is 1. The van der Waals surface area contributed by atoms with Gasteiger partial charge in [-0.05, 0) is 25.0 Å². The van der Waals surface area contributed by atoms with E-state index < -0.39 is 6.61 Å². The predicted molar refractivity (Wildman–Crippen MR) is 77.5 cm³/mol. The highest BCUT2D eigenvalue weighted by Gasteiger charge is 2.26. The van der Waals surface area contributed by atoms with Crippen LogP contribution < -0.4 is 4.74 Å². The Morgan fingerprint density at radius 1 is 1.29 bits per heavy atom. The maximum absolute atomic E-state index is 12.2.